The van der Waals surface area contributed by atoms with E-state index < -0.39 is 6.10 Å². The van der Waals surface area contributed by atoms with Crippen LogP contribution in [0.25, 0.3) is 0 Å². The molecule has 1 aliphatic heterocycles. The third kappa shape index (κ3) is 4.98. The molecule has 6 heteroatoms. The lowest BCUT2D eigenvalue weighted by molar-refractivity contribution is -0.126. The number of aliphatic hydroxyl groups excluding tert-OH is 1. The average Bonchev–Trinajstić information content (AvgIpc) is 3.01. The molecular formula is C15H24N2O2S2. The molecule has 1 amide bonds. The molecule has 1 aromatic rings. The van der Waals surface area contributed by atoms with Crippen LogP contribution in [0.3, 0.4) is 0 Å². The first-order chi connectivity index (χ1) is 10.1. The fraction of sp³-hybridized carbons (Fsp3) is 0.667. The molecule has 21 heavy (non-hydrogen) atoms. The highest BCUT2D eigenvalue weighted by Crippen LogP contribution is 2.23. The molecule has 3 atom stereocenters. The Hall–Kier alpha value is -0.560. The molecule has 2 rings (SSSR count). The summed E-state index contributed by atoms with van der Waals surface area (Å²) in [5.41, 5.74) is 0. The van der Waals surface area contributed by atoms with Gasteiger partial charge in [-0.3, -0.25) is 9.69 Å². The maximum Gasteiger partial charge on any atom is 0.237 e. The predicted octanol–water partition coefficient (Wildman–Crippen LogP) is 2.11. The number of hydrogen-bond acceptors (Lipinski definition) is 5. The molecule has 0 aliphatic carbocycles. The van der Waals surface area contributed by atoms with Crippen LogP contribution < -0.4 is 5.32 Å². The number of amides is 1. The highest BCUT2D eigenvalue weighted by atomic mass is 32.2. The number of carbonyl (C=O) groups is 1. The van der Waals surface area contributed by atoms with Gasteiger partial charge in [-0.25, -0.2) is 0 Å². The predicted molar refractivity (Wildman–Crippen MR) is 89.9 cm³/mol. The van der Waals surface area contributed by atoms with Crippen molar-refractivity contribution in [2.45, 2.75) is 38.5 Å². The first kappa shape index (κ1) is 16.8. The van der Waals surface area contributed by atoms with Crippen LogP contribution in [0.2, 0.25) is 0 Å². The molecule has 1 saturated heterocycles. The summed E-state index contributed by atoms with van der Waals surface area (Å²) in [4.78, 5) is 15.5. The van der Waals surface area contributed by atoms with Gasteiger partial charge in [0.2, 0.25) is 5.91 Å². The maximum absolute atomic E-state index is 12.3. The lowest BCUT2D eigenvalue weighted by atomic mass is 10.1. The summed E-state index contributed by atoms with van der Waals surface area (Å²) in [6.07, 6.45) is 0.0523. The Morgan fingerprint density at radius 3 is 2.76 bits per heavy atom. The van der Waals surface area contributed by atoms with Crippen molar-refractivity contribution >= 4 is 29.0 Å². The molecule has 4 nitrogen and oxygen atoms in total. The van der Waals surface area contributed by atoms with Gasteiger partial charge in [-0.05, 0) is 31.7 Å². The summed E-state index contributed by atoms with van der Waals surface area (Å²) in [5, 5.41) is 15.1. The van der Waals surface area contributed by atoms with E-state index in [4.69, 9.17) is 0 Å². The normalized spacial score (nSPS) is 20.7. The Kier molecular flexibility index (Phi) is 6.54. The van der Waals surface area contributed by atoms with Crippen molar-refractivity contribution in [2.75, 3.05) is 24.6 Å². The minimum absolute atomic E-state index is 0.0313. The second-order valence-corrected chi connectivity index (χ2v) is 7.70. The summed E-state index contributed by atoms with van der Waals surface area (Å²) >= 11 is 3.49. The van der Waals surface area contributed by atoms with Crippen LogP contribution >= 0.6 is 23.1 Å². The molecule has 0 saturated carbocycles. The zero-order valence-corrected chi connectivity index (χ0v) is 14.3. The molecule has 0 unspecified atom stereocenters. The first-order valence-electron chi connectivity index (χ1n) is 7.41. The molecule has 1 aliphatic rings. The Morgan fingerprint density at radius 2 is 2.14 bits per heavy atom. The lowest BCUT2D eigenvalue weighted by Crippen LogP contribution is -2.50. The quantitative estimate of drug-likeness (QED) is 0.840. The minimum atomic E-state index is -0.498. The topological polar surface area (TPSA) is 52.6 Å². The Labute approximate surface area is 134 Å². The highest BCUT2D eigenvalue weighted by molar-refractivity contribution is 7.99. The molecular weight excluding hydrogens is 304 g/mol. The standard InChI is InChI=1S/C15H24N2O2S2/c1-11(10-13(18)14-4-3-7-21-14)16-15(19)12(2)17-5-8-20-9-6-17/h3-4,7,11-13,18H,5-6,8-10H2,1-2H3,(H,16,19)/t11-,12-,13+/m1/s1. The van der Waals surface area contributed by atoms with E-state index in [9.17, 15) is 9.90 Å². The van der Waals surface area contributed by atoms with Gasteiger partial charge in [-0.1, -0.05) is 6.07 Å². The first-order valence-corrected chi connectivity index (χ1v) is 9.45. The van der Waals surface area contributed by atoms with Gasteiger partial charge in [-0.15, -0.1) is 11.3 Å². The highest BCUT2D eigenvalue weighted by Gasteiger charge is 2.24. The molecule has 0 radical (unpaired) electrons. The van der Waals surface area contributed by atoms with E-state index in [1.165, 1.54) is 0 Å². The molecule has 2 heterocycles. The molecule has 0 spiro atoms. The van der Waals surface area contributed by atoms with Crippen LogP contribution in [-0.2, 0) is 4.79 Å². The van der Waals surface area contributed by atoms with Crippen molar-refractivity contribution in [3.63, 3.8) is 0 Å². The Bertz CT molecular complexity index is 433. The number of thioether (sulfide) groups is 1. The smallest absolute Gasteiger partial charge is 0.237 e. The van der Waals surface area contributed by atoms with Gasteiger partial charge in [0, 0.05) is 35.5 Å². The number of carbonyl (C=O) groups excluding carboxylic acids is 1. The van der Waals surface area contributed by atoms with Crippen molar-refractivity contribution in [3.05, 3.63) is 22.4 Å². The second kappa shape index (κ2) is 8.17. The van der Waals surface area contributed by atoms with Crippen LogP contribution in [0.4, 0.5) is 0 Å². The van der Waals surface area contributed by atoms with Crippen molar-refractivity contribution in [1.82, 2.24) is 10.2 Å². The summed E-state index contributed by atoms with van der Waals surface area (Å²) < 4.78 is 0. The zero-order chi connectivity index (χ0) is 15.2. The number of rotatable bonds is 6. The summed E-state index contributed by atoms with van der Waals surface area (Å²) in [7, 11) is 0. The summed E-state index contributed by atoms with van der Waals surface area (Å²) in [5.74, 6) is 2.27. The molecule has 2 N–H and O–H groups in total. The third-order valence-electron chi connectivity index (χ3n) is 3.81. The molecule has 1 aromatic heterocycles. The summed E-state index contributed by atoms with van der Waals surface area (Å²) in [6, 6.07) is 3.74. The number of thiophene rings is 1. The minimum Gasteiger partial charge on any atom is -0.387 e. The van der Waals surface area contributed by atoms with Crippen LogP contribution in [-0.4, -0.2) is 52.6 Å². The van der Waals surface area contributed by atoms with Gasteiger partial charge >= 0.3 is 0 Å². The number of aliphatic hydroxyl groups is 1. The van der Waals surface area contributed by atoms with Gasteiger partial charge < -0.3 is 10.4 Å². The number of nitrogens with zero attached hydrogens (tertiary/aromatic N) is 1. The number of nitrogens with one attached hydrogen (secondary N) is 1. The van der Waals surface area contributed by atoms with Gasteiger partial charge in [0.1, 0.15) is 0 Å². The summed E-state index contributed by atoms with van der Waals surface area (Å²) in [6.45, 7) is 5.87. The zero-order valence-electron chi connectivity index (χ0n) is 12.6. The van der Waals surface area contributed by atoms with E-state index in [2.05, 4.69) is 10.2 Å². The SMILES string of the molecule is C[C@H](C[C@H](O)c1cccs1)NC(=O)[C@@H](C)N1CCSCC1. The van der Waals surface area contributed by atoms with E-state index in [0.717, 1.165) is 29.5 Å². The van der Waals surface area contributed by atoms with Crippen molar-refractivity contribution in [3.8, 4) is 0 Å². The third-order valence-corrected chi connectivity index (χ3v) is 5.73. The molecule has 0 bridgehead atoms. The van der Waals surface area contributed by atoms with Gasteiger partial charge in [-0.2, -0.15) is 11.8 Å². The van der Waals surface area contributed by atoms with Crippen molar-refractivity contribution in [2.24, 2.45) is 0 Å². The van der Waals surface area contributed by atoms with E-state index in [-0.39, 0.29) is 18.0 Å². The van der Waals surface area contributed by atoms with Crippen LogP contribution in [0.1, 0.15) is 31.2 Å². The van der Waals surface area contributed by atoms with Gasteiger partial charge in [0.25, 0.3) is 0 Å². The van der Waals surface area contributed by atoms with E-state index in [0.29, 0.717) is 6.42 Å². The average molecular weight is 329 g/mol. The van der Waals surface area contributed by atoms with Crippen LogP contribution in [0, 0.1) is 0 Å². The lowest BCUT2D eigenvalue weighted by Gasteiger charge is -2.32. The van der Waals surface area contributed by atoms with Crippen molar-refractivity contribution in [1.29, 1.82) is 0 Å². The van der Waals surface area contributed by atoms with E-state index in [1.807, 2.05) is 43.1 Å². The maximum atomic E-state index is 12.3. The van der Waals surface area contributed by atoms with Gasteiger partial charge in [0.15, 0.2) is 0 Å². The van der Waals surface area contributed by atoms with E-state index >= 15 is 0 Å². The second-order valence-electron chi connectivity index (χ2n) is 5.50. The van der Waals surface area contributed by atoms with Crippen molar-refractivity contribution < 1.29 is 9.90 Å². The monoisotopic (exact) mass is 328 g/mol. The molecule has 0 aromatic carbocycles. The molecule has 118 valence electrons. The Morgan fingerprint density at radius 1 is 1.43 bits per heavy atom. The fourth-order valence-electron chi connectivity index (χ4n) is 2.48. The molecule has 1 fully saturated rings. The largest absolute Gasteiger partial charge is 0.387 e. The van der Waals surface area contributed by atoms with Crippen LogP contribution in [0.5, 0.6) is 0 Å². The van der Waals surface area contributed by atoms with Crippen LogP contribution in [0.15, 0.2) is 17.5 Å². The van der Waals surface area contributed by atoms with E-state index in [1.54, 1.807) is 11.3 Å². The Balaban J connectivity index is 1.78. The fourth-order valence-corrected chi connectivity index (χ4v) is 4.14. The van der Waals surface area contributed by atoms with Gasteiger partial charge in [0.05, 0.1) is 12.1 Å². The number of hydrogen-bond donors (Lipinski definition) is 2.